The van der Waals surface area contributed by atoms with Crippen LogP contribution in [0.1, 0.15) is 52.3 Å². The van der Waals surface area contributed by atoms with Gasteiger partial charge in [0.05, 0.1) is 6.04 Å². The zero-order chi connectivity index (χ0) is 14.8. The van der Waals surface area contributed by atoms with Gasteiger partial charge in [0, 0.05) is 5.39 Å². The molecule has 3 heteroatoms. The first-order chi connectivity index (χ1) is 9.49. The van der Waals surface area contributed by atoms with E-state index < -0.39 is 0 Å². The molecule has 0 aliphatic heterocycles. The lowest BCUT2D eigenvalue weighted by atomic mass is 9.80. The number of benzene rings is 1. The Balaban J connectivity index is 2.42. The summed E-state index contributed by atoms with van der Waals surface area (Å²) in [5, 5.41) is 4.37. The molecule has 1 N–H and O–H groups in total. The van der Waals surface area contributed by atoms with E-state index >= 15 is 0 Å². The van der Waals surface area contributed by atoms with Crippen LogP contribution in [-0.2, 0) is 0 Å². The molecule has 0 spiro atoms. The van der Waals surface area contributed by atoms with Crippen molar-refractivity contribution in [3.05, 3.63) is 35.8 Å². The summed E-state index contributed by atoms with van der Waals surface area (Å²) in [4.78, 5) is 0. The predicted octanol–water partition coefficient (Wildman–Crippen LogP) is 5.05. The molecule has 1 aromatic heterocycles. The van der Waals surface area contributed by atoms with Gasteiger partial charge >= 0.3 is 0 Å². The highest BCUT2D eigenvalue weighted by Crippen LogP contribution is 2.38. The van der Waals surface area contributed by atoms with Crippen molar-refractivity contribution in [3.63, 3.8) is 0 Å². The van der Waals surface area contributed by atoms with Crippen molar-refractivity contribution >= 4 is 11.0 Å². The molecule has 0 bridgehead atoms. The molecule has 1 atom stereocenters. The van der Waals surface area contributed by atoms with E-state index in [1.165, 1.54) is 6.07 Å². The van der Waals surface area contributed by atoms with E-state index in [0.29, 0.717) is 5.58 Å². The number of rotatable bonds is 6. The lowest BCUT2D eigenvalue weighted by Gasteiger charge is -2.32. The van der Waals surface area contributed by atoms with Gasteiger partial charge in [-0.1, -0.05) is 39.8 Å². The summed E-state index contributed by atoms with van der Waals surface area (Å²) in [6, 6.07) is 7.11. The van der Waals surface area contributed by atoms with Gasteiger partial charge in [-0.05, 0) is 36.9 Å². The van der Waals surface area contributed by atoms with Crippen LogP contribution in [0.15, 0.2) is 28.7 Å². The number of fused-ring (bicyclic) bond motifs is 1. The highest BCUT2D eigenvalue weighted by molar-refractivity contribution is 5.78. The molecule has 0 radical (unpaired) electrons. The van der Waals surface area contributed by atoms with Crippen molar-refractivity contribution in [2.75, 3.05) is 6.54 Å². The van der Waals surface area contributed by atoms with Crippen molar-refractivity contribution in [1.29, 1.82) is 0 Å². The van der Waals surface area contributed by atoms with Gasteiger partial charge < -0.3 is 9.73 Å². The standard InChI is InChI=1S/C17H24FNO/c1-5-10-19-16(17(3,4)6-2)14-11-12-8-7-9-13(18)15(12)20-14/h7-9,11,16,19H,5-6,10H2,1-4H3. The Hall–Kier alpha value is -1.35. The number of nitrogens with one attached hydrogen (secondary N) is 1. The first-order valence-corrected chi connectivity index (χ1v) is 7.41. The van der Waals surface area contributed by atoms with E-state index in [4.69, 9.17) is 4.42 Å². The van der Waals surface area contributed by atoms with Crippen molar-refractivity contribution < 1.29 is 8.81 Å². The fourth-order valence-corrected chi connectivity index (χ4v) is 2.44. The lowest BCUT2D eigenvalue weighted by molar-refractivity contribution is 0.209. The average molecular weight is 277 g/mol. The van der Waals surface area contributed by atoms with E-state index in [2.05, 4.69) is 33.0 Å². The van der Waals surface area contributed by atoms with Gasteiger partial charge in [0.2, 0.25) is 0 Å². The van der Waals surface area contributed by atoms with Crippen LogP contribution in [0.5, 0.6) is 0 Å². The Labute approximate surface area is 120 Å². The second-order valence-electron chi connectivity index (χ2n) is 6.04. The molecule has 2 rings (SSSR count). The largest absolute Gasteiger partial charge is 0.456 e. The smallest absolute Gasteiger partial charge is 0.169 e. The van der Waals surface area contributed by atoms with Gasteiger partial charge in [0.1, 0.15) is 5.76 Å². The third-order valence-corrected chi connectivity index (χ3v) is 4.09. The van der Waals surface area contributed by atoms with Gasteiger partial charge in [-0.2, -0.15) is 0 Å². The molecule has 1 aromatic carbocycles. The van der Waals surface area contributed by atoms with Crippen molar-refractivity contribution in [2.45, 2.75) is 46.6 Å². The monoisotopic (exact) mass is 277 g/mol. The van der Waals surface area contributed by atoms with Gasteiger partial charge in [-0.25, -0.2) is 4.39 Å². The summed E-state index contributed by atoms with van der Waals surface area (Å²) < 4.78 is 19.6. The second-order valence-corrected chi connectivity index (χ2v) is 6.04. The molecule has 0 aliphatic carbocycles. The van der Waals surface area contributed by atoms with Crippen LogP contribution in [0.25, 0.3) is 11.0 Å². The van der Waals surface area contributed by atoms with Crippen molar-refractivity contribution in [2.24, 2.45) is 5.41 Å². The van der Waals surface area contributed by atoms with Gasteiger partial charge in [0.15, 0.2) is 11.4 Å². The molecule has 1 unspecified atom stereocenters. The molecule has 110 valence electrons. The van der Waals surface area contributed by atoms with E-state index in [9.17, 15) is 4.39 Å². The van der Waals surface area contributed by atoms with E-state index in [1.807, 2.05) is 12.1 Å². The molecule has 2 aromatic rings. The zero-order valence-corrected chi connectivity index (χ0v) is 12.8. The number of hydrogen-bond acceptors (Lipinski definition) is 2. The molecular formula is C17H24FNO. The van der Waals surface area contributed by atoms with Crippen molar-refractivity contribution in [1.82, 2.24) is 5.32 Å². The maximum atomic E-state index is 13.8. The summed E-state index contributed by atoms with van der Waals surface area (Å²) in [7, 11) is 0. The fraction of sp³-hybridized carbons (Fsp3) is 0.529. The molecule has 1 heterocycles. The average Bonchev–Trinajstić information content (AvgIpc) is 2.84. The summed E-state index contributed by atoms with van der Waals surface area (Å²) in [6.07, 6.45) is 2.08. The second kappa shape index (κ2) is 5.96. The highest BCUT2D eigenvalue weighted by atomic mass is 19.1. The molecular weight excluding hydrogens is 253 g/mol. The first-order valence-electron chi connectivity index (χ1n) is 7.41. The fourth-order valence-electron chi connectivity index (χ4n) is 2.44. The lowest BCUT2D eigenvalue weighted by Crippen LogP contribution is -2.34. The minimum absolute atomic E-state index is 0.0551. The Bertz CT molecular complexity index is 573. The maximum absolute atomic E-state index is 13.8. The van der Waals surface area contributed by atoms with Crippen LogP contribution >= 0.6 is 0 Å². The molecule has 0 saturated heterocycles. The minimum atomic E-state index is -0.294. The maximum Gasteiger partial charge on any atom is 0.169 e. The molecule has 0 fully saturated rings. The summed E-state index contributed by atoms with van der Waals surface area (Å²) in [6.45, 7) is 9.66. The third kappa shape index (κ3) is 2.88. The van der Waals surface area contributed by atoms with Crippen LogP contribution in [0, 0.1) is 11.2 Å². The van der Waals surface area contributed by atoms with Crippen LogP contribution in [0.2, 0.25) is 0 Å². The Morgan fingerprint density at radius 3 is 2.65 bits per heavy atom. The SMILES string of the molecule is CCCNC(c1cc2cccc(F)c2o1)C(C)(C)CC. The van der Waals surface area contributed by atoms with E-state index in [-0.39, 0.29) is 17.3 Å². The van der Waals surface area contributed by atoms with Gasteiger partial charge in [-0.3, -0.25) is 0 Å². The number of hydrogen-bond donors (Lipinski definition) is 1. The van der Waals surface area contributed by atoms with E-state index in [1.54, 1.807) is 6.07 Å². The molecule has 20 heavy (non-hydrogen) atoms. The number of furan rings is 1. The van der Waals surface area contributed by atoms with Crippen LogP contribution in [-0.4, -0.2) is 6.54 Å². The van der Waals surface area contributed by atoms with Crippen molar-refractivity contribution in [3.8, 4) is 0 Å². The van der Waals surface area contributed by atoms with Gasteiger partial charge in [-0.15, -0.1) is 0 Å². The van der Waals surface area contributed by atoms with Crippen LogP contribution in [0.4, 0.5) is 4.39 Å². The normalized spacial score (nSPS) is 13.8. The minimum Gasteiger partial charge on any atom is -0.456 e. The van der Waals surface area contributed by atoms with Gasteiger partial charge in [0.25, 0.3) is 0 Å². The van der Waals surface area contributed by atoms with E-state index in [0.717, 1.165) is 30.5 Å². The molecule has 0 saturated carbocycles. The quantitative estimate of drug-likeness (QED) is 0.799. The van der Waals surface area contributed by atoms with Crippen LogP contribution < -0.4 is 5.32 Å². The summed E-state index contributed by atoms with van der Waals surface area (Å²) in [5.74, 6) is 0.530. The molecule has 2 nitrogen and oxygen atoms in total. The molecule has 0 aliphatic rings. The summed E-state index contributed by atoms with van der Waals surface area (Å²) >= 11 is 0. The first kappa shape index (κ1) is 15.0. The topological polar surface area (TPSA) is 25.2 Å². The summed E-state index contributed by atoms with van der Waals surface area (Å²) in [5.41, 5.74) is 0.414. The zero-order valence-electron chi connectivity index (χ0n) is 12.8. The number of para-hydroxylation sites is 1. The van der Waals surface area contributed by atoms with Crippen LogP contribution in [0.3, 0.4) is 0 Å². The Kier molecular flexibility index (Phi) is 4.48. The third-order valence-electron chi connectivity index (χ3n) is 4.09. The Morgan fingerprint density at radius 2 is 2.05 bits per heavy atom. The predicted molar refractivity (Wildman–Crippen MR) is 81.3 cm³/mol. The molecule has 0 amide bonds. The Morgan fingerprint density at radius 1 is 1.30 bits per heavy atom. The highest BCUT2D eigenvalue weighted by Gasteiger charge is 2.31. The number of halogens is 1.